The van der Waals surface area contributed by atoms with Gasteiger partial charge in [-0.05, 0) is 38.1 Å². The Morgan fingerprint density at radius 1 is 1.25 bits per heavy atom. The highest BCUT2D eigenvalue weighted by molar-refractivity contribution is 7.94. The number of carbonyl (C=O) groups is 2. The number of urea groups is 1. The number of amides is 2. The maximum Gasteiger partial charge on any atom is 0.347 e. The minimum absolute atomic E-state index is 0.00117. The Kier molecular flexibility index (Phi) is 5.23. The fraction of sp³-hybridized carbons (Fsp3) is 0.278. The molecule has 0 aliphatic carbocycles. The summed E-state index contributed by atoms with van der Waals surface area (Å²) >= 11 is 0. The number of ether oxygens (including phenoxy) is 2. The van der Waals surface area contributed by atoms with E-state index in [9.17, 15) is 18.0 Å². The Morgan fingerprint density at radius 3 is 2.64 bits per heavy atom. The largest absolute Gasteiger partial charge is 0.479 e. The van der Waals surface area contributed by atoms with E-state index in [0.29, 0.717) is 4.31 Å². The van der Waals surface area contributed by atoms with Crippen LogP contribution in [0.15, 0.2) is 47.5 Å². The van der Waals surface area contributed by atoms with Crippen molar-refractivity contribution in [1.82, 2.24) is 4.98 Å². The lowest BCUT2D eigenvalue weighted by Crippen LogP contribution is -2.49. The van der Waals surface area contributed by atoms with Crippen LogP contribution in [-0.4, -0.2) is 45.2 Å². The molecule has 9 nitrogen and oxygen atoms in total. The number of hydrogen-bond donors (Lipinski definition) is 0. The van der Waals surface area contributed by atoms with Crippen LogP contribution in [0.2, 0.25) is 0 Å². The number of carbonyl (C=O) groups excluding carboxylic acids is 2. The van der Waals surface area contributed by atoms with Crippen molar-refractivity contribution in [3.8, 4) is 5.75 Å². The number of rotatable bonds is 5. The zero-order valence-corrected chi connectivity index (χ0v) is 16.3. The number of hydrogen-bond acceptors (Lipinski definition) is 7. The van der Waals surface area contributed by atoms with E-state index < -0.39 is 28.1 Å². The Balaban J connectivity index is 1.99. The molecule has 10 heteroatoms. The number of sulfonamides is 1. The van der Waals surface area contributed by atoms with Crippen LogP contribution >= 0.6 is 0 Å². The topological polar surface area (TPSA) is 106 Å². The zero-order chi connectivity index (χ0) is 20.5. The van der Waals surface area contributed by atoms with Crippen molar-refractivity contribution in [3.05, 3.63) is 42.6 Å². The summed E-state index contributed by atoms with van der Waals surface area (Å²) in [6.45, 7) is 3.42. The monoisotopic (exact) mass is 405 g/mol. The van der Waals surface area contributed by atoms with Crippen molar-refractivity contribution in [3.63, 3.8) is 0 Å². The van der Waals surface area contributed by atoms with Gasteiger partial charge in [-0.15, -0.1) is 0 Å². The molecule has 0 bridgehead atoms. The molecule has 1 atom stereocenters. The smallest absolute Gasteiger partial charge is 0.347 e. The third-order valence-electron chi connectivity index (χ3n) is 4.06. The van der Waals surface area contributed by atoms with Crippen LogP contribution in [0.4, 0.5) is 16.3 Å². The summed E-state index contributed by atoms with van der Waals surface area (Å²) in [4.78, 5) is 29.6. The molecule has 1 aliphatic heterocycles. The zero-order valence-electron chi connectivity index (χ0n) is 15.5. The van der Waals surface area contributed by atoms with Gasteiger partial charge >= 0.3 is 12.0 Å². The highest BCUT2D eigenvalue weighted by Gasteiger charge is 2.42. The number of nitrogens with zero attached hydrogens (tertiary/aromatic N) is 3. The summed E-state index contributed by atoms with van der Waals surface area (Å²) < 4.78 is 37.1. The first-order chi connectivity index (χ1) is 13.3. The van der Waals surface area contributed by atoms with E-state index in [1.165, 1.54) is 49.3 Å². The van der Waals surface area contributed by atoms with E-state index in [1.54, 1.807) is 19.1 Å². The van der Waals surface area contributed by atoms with Gasteiger partial charge in [0.05, 0.1) is 12.3 Å². The second-order valence-corrected chi connectivity index (χ2v) is 7.70. The molecule has 0 radical (unpaired) electrons. The lowest BCUT2D eigenvalue weighted by molar-refractivity contribution is -0.150. The van der Waals surface area contributed by atoms with Crippen molar-refractivity contribution in [2.75, 3.05) is 22.9 Å². The van der Waals surface area contributed by atoms with E-state index in [2.05, 4.69) is 4.98 Å². The molecule has 2 amide bonds. The molecule has 0 unspecified atom stereocenters. The highest BCUT2D eigenvalue weighted by atomic mass is 32.2. The van der Waals surface area contributed by atoms with Gasteiger partial charge in [0.15, 0.2) is 11.9 Å². The van der Waals surface area contributed by atoms with Gasteiger partial charge in [0.1, 0.15) is 10.6 Å². The predicted molar refractivity (Wildman–Crippen MR) is 101 cm³/mol. The highest BCUT2D eigenvalue weighted by Crippen LogP contribution is 2.38. The van der Waals surface area contributed by atoms with E-state index in [-0.39, 0.29) is 28.8 Å². The van der Waals surface area contributed by atoms with Gasteiger partial charge in [-0.2, -0.15) is 4.31 Å². The summed E-state index contributed by atoms with van der Waals surface area (Å²) in [6, 6.07) is 8.03. The third kappa shape index (κ3) is 3.38. The molecule has 0 saturated carbocycles. The first kappa shape index (κ1) is 19.6. The van der Waals surface area contributed by atoms with Crippen molar-refractivity contribution in [2.24, 2.45) is 0 Å². The lowest BCUT2D eigenvalue weighted by atomic mass is 10.2. The standard InChI is InChI=1S/C18H19N3O6S/c1-4-26-17(22)12(2)27-13-8-9-15-14(11-13)20(3)18(23)21(28(15,24)25)16-7-5-6-10-19-16/h5-12H,4H2,1-3H3/t12-/m1/s1. The van der Waals surface area contributed by atoms with Gasteiger partial charge in [0, 0.05) is 19.3 Å². The van der Waals surface area contributed by atoms with E-state index >= 15 is 0 Å². The SMILES string of the molecule is CCOC(=O)[C@@H](C)Oc1ccc2c(c1)N(C)C(=O)N(c1ccccn1)S2(=O)=O. The summed E-state index contributed by atoms with van der Waals surface area (Å²) in [7, 11) is -2.71. The first-order valence-electron chi connectivity index (χ1n) is 8.48. The maximum absolute atomic E-state index is 13.0. The van der Waals surface area contributed by atoms with Gasteiger partial charge in [-0.3, -0.25) is 4.90 Å². The first-order valence-corrected chi connectivity index (χ1v) is 9.92. The minimum atomic E-state index is -4.16. The molecule has 2 heterocycles. The molecular formula is C18H19N3O6S. The number of anilines is 2. The Labute approximate surface area is 162 Å². The van der Waals surface area contributed by atoms with Crippen molar-refractivity contribution in [1.29, 1.82) is 0 Å². The quantitative estimate of drug-likeness (QED) is 0.702. The molecule has 1 aromatic carbocycles. The molecule has 0 saturated heterocycles. The Morgan fingerprint density at radius 2 is 2.00 bits per heavy atom. The van der Waals surface area contributed by atoms with Gasteiger partial charge < -0.3 is 9.47 Å². The fourth-order valence-corrected chi connectivity index (χ4v) is 4.28. The van der Waals surface area contributed by atoms with E-state index in [1.807, 2.05) is 0 Å². The predicted octanol–water partition coefficient (Wildman–Crippen LogP) is 2.18. The van der Waals surface area contributed by atoms with Crippen molar-refractivity contribution < 1.29 is 27.5 Å². The summed E-state index contributed by atoms with van der Waals surface area (Å²) in [6.07, 6.45) is 0.519. The average Bonchev–Trinajstić information content (AvgIpc) is 2.67. The molecule has 0 spiro atoms. The number of aromatic nitrogens is 1. The van der Waals surface area contributed by atoms with Crippen LogP contribution in [0.3, 0.4) is 0 Å². The Hall–Kier alpha value is -3.14. The molecule has 2 aromatic rings. The average molecular weight is 405 g/mol. The van der Waals surface area contributed by atoms with Crippen molar-refractivity contribution in [2.45, 2.75) is 24.8 Å². The number of fused-ring (bicyclic) bond motifs is 1. The third-order valence-corrected chi connectivity index (χ3v) is 5.78. The number of benzene rings is 1. The molecule has 0 fully saturated rings. The van der Waals surface area contributed by atoms with E-state index in [4.69, 9.17) is 9.47 Å². The van der Waals surface area contributed by atoms with Gasteiger partial charge in [-0.1, -0.05) is 6.07 Å². The van der Waals surface area contributed by atoms with Crippen LogP contribution in [0.5, 0.6) is 5.75 Å². The second-order valence-electron chi connectivity index (χ2n) is 5.94. The number of pyridine rings is 1. The molecule has 1 aromatic heterocycles. The lowest BCUT2D eigenvalue weighted by Gasteiger charge is -2.33. The summed E-state index contributed by atoms with van der Waals surface area (Å²) in [5, 5.41) is 0. The van der Waals surface area contributed by atoms with E-state index in [0.717, 1.165) is 0 Å². The number of esters is 1. The minimum Gasteiger partial charge on any atom is -0.479 e. The molecular weight excluding hydrogens is 386 g/mol. The van der Waals surface area contributed by atoms with Crippen LogP contribution in [-0.2, 0) is 19.6 Å². The van der Waals surface area contributed by atoms with Crippen LogP contribution in [0, 0.1) is 0 Å². The maximum atomic E-state index is 13.0. The van der Waals surface area contributed by atoms with Gasteiger partial charge in [-0.25, -0.2) is 23.0 Å². The molecule has 1 aliphatic rings. The Bertz CT molecular complexity index is 1010. The molecule has 0 N–H and O–H groups in total. The fourth-order valence-electron chi connectivity index (χ4n) is 2.70. The molecule has 148 valence electrons. The van der Waals surface area contributed by atoms with Crippen LogP contribution in [0.1, 0.15) is 13.8 Å². The summed E-state index contributed by atoms with van der Waals surface area (Å²) in [5.74, 6) is -0.305. The van der Waals surface area contributed by atoms with Gasteiger partial charge in [0.2, 0.25) is 0 Å². The van der Waals surface area contributed by atoms with Crippen LogP contribution in [0.25, 0.3) is 0 Å². The molecule has 28 heavy (non-hydrogen) atoms. The molecule has 3 rings (SSSR count). The second kappa shape index (κ2) is 7.47. The van der Waals surface area contributed by atoms with Crippen molar-refractivity contribution >= 4 is 33.5 Å². The van der Waals surface area contributed by atoms with Gasteiger partial charge in [0.25, 0.3) is 10.0 Å². The summed E-state index contributed by atoms with van der Waals surface area (Å²) in [5.41, 5.74) is 0.144. The normalized spacial score (nSPS) is 16.3. The van der Waals surface area contributed by atoms with Crippen LogP contribution < -0.4 is 13.9 Å².